The van der Waals surface area contributed by atoms with E-state index in [2.05, 4.69) is 0 Å². The zero-order valence-corrected chi connectivity index (χ0v) is 16.6. The Morgan fingerprint density at radius 1 is 1.07 bits per heavy atom. The lowest BCUT2D eigenvalue weighted by atomic mass is 9.95. The molecule has 0 bridgehead atoms. The molecule has 146 valence electrons. The molecule has 2 amide bonds. The normalized spacial score (nSPS) is 22.6. The first-order valence-corrected chi connectivity index (χ1v) is 9.80. The highest BCUT2D eigenvalue weighted by Gasteiger charge is 2.39. The van der Waals surface area contributed by atoms with Crippen molar-refractivity contribution in [3.05, 3.63) is 33.8 Å². The first kappa shape index (κ1) is 20.0. The predicted molar refractivity (Wildman–Crippen MR) is 102 cm³/mol. The van der Waals surface area contributed by atoms with Gasteiger partial charge in [0.2, 0.25) is 5.91 Å². The second-order valence-corrected chi connectivity index (χ2v) is 7.75. The first-order chi connectivity index (χ1) is 12.9. The molecule has 2 heterocycles. The van der Waals surface area contributed by atoms with E-state index in [1.54, 1.807) is 28.0 Å². The van der Waals surface area contributed by atoms with Gasteiger partial charge >= 0.3 is 5.97 Å². The van der Waals surface area contributed by atoms with Gasteiger partial charge in [0, 0.05) is 25.2 Å². The maximum atomic E-state index is 13.0. The molecule has 1 aromatic carbocycles. The van der Waals surface area contributed by atoms with Crippen LogP contribution in [0.1, 0.15) is 36.0 Å². The zero-order chi connectivity index (χ0) is 19.6. The molecule has 1 aromatic rings. The van der Waals surface area contributed by atoms with Gasteiger partial charge in [0.05, 0.1) is 23.1 Å². The van der Waals surface area contributed by atoms with Crippen molar-refractivity contribution < 1.29 is 19.1 Å². The Labute approximate surface area is 168 Å². The van der Waals surface area contributed by atoms with Crippen molar-refractivity contribution in [1.82, 2.24) is 9.80 Å². The van der Waals surface area contributed by atoms with E-state index in [1.807, 2.05) is 0 Å². The lowest BCUT2D eigenvalue weighted by Gasteiger charge is -2.35. The summed E-state index contributed by atoms with van der Waals surface area (Å²) in [5, 5.41) is 0.716. The van der Waals surface area contributed by atoms with Crippen LogP contribution < -0.4 is 0 Å². The fourth-order valence-corrected chi connectivity index (χ4v) is 4.12. The van der Waals surface area contributed by atoms with Gasteiger partial charge in [-0.1, -0.05) is 23.2 Å². The monoisotopic (exact) mass is 412 g/mol. The predicted octanol–water partition coefficient (Wildman–Crippen LogP) is 3.01. The number of piperidine rings is 1. The standard InChI is InChI=1S/C19H22Cl2N2O4/c1-27-19(26)16-5-3-9-23(16)18(25)13-4-2-8-22(11-13)17(24)12-6-7-14(20)15(21)10-12/h6-7,10,13,16H,2-5,8-9,11H2,1H3. The van der Waals surface area contributed by atoms with Crippen LogP contribution in [0.5, 0.6) is 0 Å². The Bertz CT molecular complexity index is 755. The van der Waals surface area contributed by atoms with Crippen molar-refractivity contribution >= 4 is 41.0 Å². The highest BCUT2D eigenvalue weighted by molar-refractivity contribution is 6.42. The van der Waals surface area contributed by atoms with Gasteiger partial charge in [0.15, 0.2) is 0 Å². The summed E-state index contributed by atoms with van der Waals surface area (Å²) in [5.74, 6) is -0.928. The molecule has 2 fully saturated rings. The average Bonchev–Trinajstić information content (AvgIpc) is 3.18. The van der Waals surface area contributed by atoms with Crippen molar-refractivity contribution in [3.63, 3.8) is 0 Å². The number of nitrogens with zero attached hydrogens (tertiary/aromatic N) is 2. The number of ether oxygens (including phenoxy) is 1. The Hall–Kier alpha value is -1.79. The van der Waals surface area contributed by atoms with E-state index in [1.165, 1.54) is 7.11 Å². The largest absolute Gasteiger partial charge is 0.467 e. The molecule has 0 spiro atoms. The Morgan fingerprint density at radius 3 is 2.52 bits per heavy atom. The summed E-state index contributed by atoms with van der Waals surface area (Å²) in [7, 11) is 1.33. The minimum absolute atomic E-state index is 0.0745. The van der Waals surface area contributed by atoms with Crippen molar-refractivity contribution in [3.8, 4) is 0 Å². The SMILES string of the molecule is COC(=O)C1CCCN1C(=O)C1CCCN(C(=O)c2ccc(Cl)c(Cl)c2)C1. The van der Waals surface area contributed by atoms with E-state index in [4.69, 9.17) is 27.9 Å². The Morgan fingerprint density at radius 2 is 1.81 bits per heavy atom. The van der Waals surface area contributed by atoms with Gasteiger partial charge in [-0.3, -0.25) is 9.59 Å². The summed E-state index contributed by atoms with van der Waals surface area (Å²) in [4.78, 5) is 41.0. The quantitative estimate of drug-likeness (QED) is 0.715. The molecule has 2 aliphatic rings. The van der Waals surface area contributed by atoms with E-state index >= 15 is 0 Å². The van der Waals surface area contributed by atoms with Crippen molar-refractivity contribution in [1.29, 1.82) is 0 Å². The van der Waals surface area contributed by atoms with Gasteiger partial charge in [-0.15, -0.1) is 0 Å². The third-order valence-electron chi connectivity index (χ3n) is 5.23. The average molecular weight is 413 g/mol. The molecule has 6 nitrogen and oxygen atoms in total. The highest BCUT2D eigenvalue weighted by atomic mass is 35.5. The molecule has 2 aliphatic heterocycles. The number of amides is 2. The van der Waals surface area contributed by atoms with E-state index < -0.39 is 6.04 Å². The summed E-state index contributed by atoms with van der Waals surface area (Å²) in [6, 6.07) is 4.26. The Balaban J connectivity index is 1.70. The van der Waals surface area contributed by atoms with Crippen LogP contribution in [0, 0.1) is 5.92 Å². The molecular weight excluding hydrogens is 391 g/mol. The number of hydrogen-bond acceptors (Lipinski definition) is 4. The van der Waals surface area contributed by atoms with Crippen LogP contribution in [-0.2, 0) is 14.3 Å². The summed E-state index contributed by atoms with van der Waals surface area (Å²) in [5.41, 5.74) is 0.450. The molecule has 2 unspecified atom stereocenters. The summed E-state index contributed by atoms with van der Waals surface area (Å²) < 4.78 is 4.82. The molecule has 0 radical (unpaired) electrons. The third kappa shape index (κ3) is 4.22. The summed E-state index contributed by atoms with van der Waals surface area (Å²) in [6.45, 7) is 1.47. The number of carbonyl (C=O) groups is 3. The van der Waals surface area contributed by atoms with Gasteiger partial charge in [0.1, 0.15) is 6.04 Å². The van der Waals surface area contributed by atoms with Crippen LogP contribution in [-0.4, -0.2) is 60.4 Å². The van der Waals surface area contributed by atoms with Crippen LogP contribution in [0.2, 0.25) is 10.0 Å². The highest BCUT2D eigenvalue weighted by Crippen LogP contribution is 2.27. The van der Waals surface area contributed by atoms with E-state index in [0.29, 0.717) is 48.1 Å². The molecule has 27 heavy (non-hydrogen) atoms. The number of halogens is 2. The van der Waals surface area contributed by atoms with Crippen molar-refractivity contribution in [2.75, 3.05) is 26.7 Å². The number of rotatable bonds is 3. The van der Waals surface area contributed by atoms with Gasteiger partial charge in [-0.25, -0.2) is 4.79 Å². The number of carbonyl (C=O) groups excluding carboxylic acids is 3. The van der Waals surface area contributed by atoms with Gasteiger partial charge in [-0.05, 0) is 43.9 Å². The van der Waals surface area contributed by atoms with E-state index in [-0.39, 0.29) is 23.7 Å². The number of hydrogen-bond donors (Lipinski definition) is 0. The Kier molecular flexibility index (Phi) is 6.27. The molecular formula is C19H22Cl2N2O4. The first-order valence-electron chi connectivity index (χ1n) is 9.05. The molecule has 3 rings (SSSR count). The molecule has 0 aromatic heterocycles. The maximum absolute atomic E-state index is 13.0. The van der Waals surface area contributed by atoms with Crippen LogP contribution in [0.15, 0.2) is 18.2 Å². The van der Waals surface area contributed by atoms with Crippen LogP contribution in [0.3, 0.4) is 0 Å². The molecule has 8 heteroatoms. The number of benzene rings is 1. The van der Waals surface area contributed by atoms with Crippen LogP contribution >= 0.6 is 23.2 Å². The molecule has 0 saturated carbocycles. The molecule has 0 aliphatic carbocycles. The minimum Gasteiger partial charge on any atom is -0.467 e. The van der Waals surface area contributed by atoms with E-state index in [0.717, 1.165) is 12.8 Å². The van der Waals surface area contributed by atoms with Gasteiger partial charge < -0.3 is 14.5 Å². The van der Waals surface area contributed by atoms with Crippen LogP contribution in [0.25, 0.3) is 0 Å². The molecule has 2 atom stereocenters. The summed E-state index contributed by atoms with van der Waals surface area (Å²) >= 11 is 11.9. The zero-order valence-electron chi connectivity index (χ0n) is 15.1. The number of methoxy groups -OCH3 is 1. The molecule has 2 saturated heterocycles. The molecule has 0 N–H and O–H groups in total. The smallest absolute Gasteiger partial charge is 0.328 e. The maximum Gasteiger partial charge on any atom is 0.328 e. The van der Waals surface area contributed by atoms with Gasteiger partial charge in [-0.2, -0.15) is 0 Å². The lowest BCUT2D eigenvalue weighted by Crippen LogP contribution is -2.49. The second kappa shape index (κ2) is 8.48. The second-order valence-electron chi connectivity index (χ2n) is 6.93. The van der Waals surface area contributed by atoms with Crippen molar-refractivity contribution in [2.45, 2.75) is 31.7 Å². The minimum atomic E-state index is -0.511. The summed E-state index contributed by atoms with van der Waals surface area (Å²) in [6.07, 6.45) is 2.84. The third-order valence-corrected chi connectivity index (χ3v) is 5.97. The van der Waals surface area contributed by atoms with E-state index in [9.17, 15) is 14.4 Å². The fourth-order valence-electron chi connectivity index (χ4n) is 3.82. The topological polar surface area (TPSA) is 66.9 Å². The lowest BCUT2D eigenvalue weighted by molar-refractivity contribution is -0.152. The fraction of sp³-hybridized carbons (Fsp3) is 0.526. The van der Waals surface area contributed by atoms with Crippen molar-refractivity contribution in [2.24, 2.45) is 5.92 Å². The van der Waals surface area contributed by atoms with Gasteiger partial charge in [0.25, 0.3) is 5.91 Å². The number of likely N-dealkylation sites (tertiary alicyclic amines) is 2. The number of esters is 1. The van der Waals surface area contributed by atoms with Crippen LogP contribution in [0.4, 0.5) is 0 Å².